The van der Waals surface area contributed by atoms with Crippen LogP contribution < -0.4 is 5.32 Å². The number of carbonyl (C=O) groups excluding carboxylic acids is 1. The molecule has 2 rings (SSSR count). The minimum Gasteiger partial charge on any atom is -0.396 e. The minimum atomic E-state index is -0.555. The van der Waals surface area contributed by atoms with Gasteiger partial charge in [0.15, 0.2) is 0 Å². The maximum absolute atomic E-state index is 12.7. The highest BCUT2D eigenvalue weighted by molar-refractivity contribution is 5.78. The second kappa shape index (κ2) is 6.12. The third kappa shape index (κ3) is 3.75. The number of amides is 1. The lowest BCUT2D eigenvalue weighted by atomic mass is 10.1. The normalized spacial score (nSPS) is 26.4. The molecule has 0 radical (unpaired) electrons. The SMILES string of the molecule is O=C(Cc1ccc(F)cc1)N[C@H]1C[C@@H](CO)[C@@H](O)C1. The van der Waals surface area contributed by atoms with Gasteiger partial charge in [0, 0.05) is 18.6 Å². The molecule has 1 aliphatic rings. The van der Waals surface area contributed by atoms with Crippen LogP contribution >= 0.6 is 0 Å². The summed E-state index contributed by atoms with van der Waals surface area (Å²) < 4.78 is 12.7. The fourth-order valence-corrected chi connectivity index (χ4v) is 2.48. The Morgan fingerprint density at radius 2 is 2.00 bits per heavy atom. The molecule has 0 aromatic heterocycles. The van der Waals surface area contributed by atoms with Crippen molar-refractivity contribution in [2.75, 3.05) is 6.61 Å². The van der Waals surface area contributed by atoms with E-state index in [9.17, 15) is 14.3 Å². The molecule has 0 spiro atoms. The molecule has 1 aromatic carbocycles. The van der Waals surface area contributed by atoms with Crippen LogP contribution in [0.5, 0.6) is 0 Å². The van der Waals surface area contributed by atoms with E-state index in [2.05, 4.69) is 5.32 Å². The van der Waals surface area contributed by atoms with Crippen molar-refractivity contribution >= 4 is 5.91 Å². The average molecular weight is 267 g/mol. The van der Waals surface area contributed by atoms with Crippen molar-refractivity contribution in [1.82, 2.24) is 5.32 Å². The van der Waals surface area contributed by atoms with Gasteiger partial charge in [-0.05, 0) is 30.5 Å². The van der Waals surface area contributed by atoms with E-state index >= 15 is 0 Å². The molecular formula is C14H18FNO3. The highest BCUT2D eigenvalue weighted by atomic mass is 19.1. The van der Waals surface area contributed by atoms with Crippen molar-refractivity contribution in [3.05, 3.63) is 35.6 Å². The van der Waals surface area contributed by atoms with Gasteiger partial charge in [-0.1, -0.05) is 12.1 Å². The summed E-state index contributed by atoms with van der Waals surface area (Å²) in [6.07, 6.45) is 0.699. The Kier molecular flexibility index (Phi) is 4.50. The molecule has 1 amide bonds. The van der Waals surface area contributed by atoms with Gasteiger partial charge in [-0.2, -0.15) is 0 Å². The van der Waals surface area contributed by atoms with Crippen LogP contribution in [-0.2, 0) is 11.2 Å². The van der Waals surface area contributed by atoms with Gasteiger partial charge in [0.05, 0.1) is 12.5 Å². The van der Waals surface area contributed by atoms with E-state index in [1.165, 1.54) is 12.1 Å². The zero-order valence-electron chi connectivity index (χ0n) is 10.6. The molecule has 1 fully saturated rings. The molecule has 19 heavy (non-hydrogen) atoms. The molecule has 1 aromatic rings. The minimum absolute atomic E-state index is 0.0640. The maximum atomic E-state index is 12.7. The summed E-state index contributed by atoms with van der Waals surface area (Å²) in [5.74, 6) is -0.632. The quantitative estimate of drug-likeness (QED) is 0.749. The first kappa shape index (κ1) is 14.0. The predicted octanol–water partition coefficient (Wildman–Crippen LogP) is 0.616. The first-order chi connectivity index (χ1) is 9.08. The van der Waals surface area contributed by atoms with Gasteiger partial charge in [0.1, 0.15) is 5.82 Å². The molecular weight excluding hydrogens is 249 g/mol. The fourth-order valence-electron chi connectivity index (χ4n) is 2.48. The van der Waals surface area contributed by atoms with Gasteiger partial charge in [0.2, 0.25) is 5.91 Å². The van der Waals surface area contributed by atoms with Crippen LogP contribution in [0.1, 0.15) is 18.4 Å². The Balaban J connectivity index is 1.83. The summed E-state index contributed by atoms with van der Waals surface area (Å²) in [5.41, 5.74) is 0.746. The number of hydrogen-bond acceptors (Lipinski definition) is 3. The van der Waals surface area contributed by atoms with Crippen LogP contribution in [0.15, 0.2) is 24.3 Å². The van der Waals surface area contributed by atoms with Crippen LogP contribution in [-0.4, -0.2) is 34.9 Å². The molecule has 1 saturated carbocycles. The van der Waals surface area contributed by atoms with Gasteiger partial charge >= 0.3 is 0 Å². The number of carbonyl (C=O) groups is 1. The smallest absolute Gasteiger partial charge is 0.224 e. The van der Waals surface area contributed by atoms with Gasteiger partial charge in [-0.25, -0.2) is 4.39 Å². The third-order valence-corrected chi connectivity index (χ3v) is 3.53. The van der Waals surface area contributed by atoms with Gasteiger partial charge in [0.25, 0.3) is 0 Å². The molecule has 5 heteroatoms. The largest absolute Gasteiger partial charge is 0.396 e. The van der Waals surface area contributed by atoms with Crippen LogP contribution in [0.4, 0.5) is 4.39 Å². The van der Waals surface area contributed by atoms with Crippen LogP contribution in [0.2, 0.25) is 0 Å². The molecule has 0 bridgehead atoms. The van der Waals surface area contributed by atoms with Gasteiger partial charge in [-0.15, -0.1) is 0 Å². The van der Waals surface area contributed by atoms with Crippen molar-refractivity contribution in [1.29, 1.82) is 0 Å². The standard InChI is InChI=1S/C14H18FNO3/c15-11-3-1-9(2-4-11)5-14(19)16-12-6-10(8-17)13(18)7-12/h1-4,10,12-13,17-18H,5-8H2,(H,16,19)/t10-,12-,13-/m0/s1. The molecule has 1 aliphatic carbocycles. The van der Waals surface area contributed by atoms with Crippen LogP contribution in [0, 0.1) is 11.7 Å². The molecule has 0 saturated heterocycles. The molecule has 3 atom stereocenters. The zero-order chi connectivity index (χ0) is 13.8. The van der Waals surface area contributed by atoms with E-state index in [1.54, 1.807) is 12.1 Å². The molecule has 0 aliphatic heterocycles. The first-order valence-electron chi connectivity index (χ1n) is 6.41. The zero-order valence-corrected chi connectivity index (χ0v) is 10.6. The number of hydrogen-bond donors (Lipinski definition) is 3. The maximum Gasteiger partial charge on any atom is 0.224 e. The summed E-state index contributed by atoms with van der Waals surface area (Å²) in [6.45, 7) is -0.0640. The van der Waals surface area contributed by atoms with Gasteiger partial charge < -0.3 is 15.5 Å². The number of aliphatic hydroxyl groups excluding tert-OH is 2. The van der Waals surface area contributed by atoms with Crippen molar-refractivity contribution in [2.45, 2.75) is 31.4 Å². The summed E-state index contributed by atoms with van der Waals surface area (Å²) >= 11 is 0. The van der Waals surface area contributed by atoms with Crippen LogP contribution in [0.25, 0.3) is 0 Å². The summed E-state index contributed by atoms with van der Waals surface area (Å²) in [5, 5.41) is 21.5. The molecule has 4 nitrogen and oxygen atoms in total. The second-order valence-corrected chi connectivity index (χ2v) is 5.05. The lowest BCUT2D eigenvalue weighted by molar-refractivity contribution is -0.121. The Morgan fingerprint density at radius 1 is 1.32 bits per heavy atom. The Morgan fingerprint density at radius 3 is 2.58 bits per heavy atom. The summed E-state index contributed by atoms with van der Waals surface area (Å²) in [6, 6.07) is 5.71. The van der Waals surface area contributed by atoms with E-state index in [1.807, 2.05) is 0 Å². The van der Waals surface area contributed by atoms with Crippen molar-refractivity contribution in [3.8, 4) is 0 Å². The first-order valence-corrected chi connectivity index (χ1v) is 6.41. The van der Waals surface area contributed by atoms with E-state index in [0.29, 0.717) is 12.8 Å². The van der Waals surface area contributed by atoms with E-state index in [0.717, 1.165) is 5.56 Å². The number of rotatable bonds is 4. The highest BCUT2D eigenvalue weighted by Gasteiger charge is 2.33. The van der Waals surface area contributed by atoms with Crippen LogP contribution in [0.3, 0.4) is 0 Å². The second-order valence-electron chi connectivity index (χ2n) is 5.05. The number of nitrogens with one attached hydrogen (secondary N) is 1. The third-order valence-electron chi connectivity index (χ3n) is 3.53. The van der Waals surface area contributed by atoms with Crippen molar-refractivity contribution in [2.24, 2.45) is 5.92 Å². The Labute approximate surface area is 111 Å². The molecule has 0 unspecified atom stereocenters. The molecule has 3 N–H and O–H groups in total. The Bertz CT molecular complexity index is 435. The van der Waals surface area contributed by atoms with E-state index in [4.69, 9.17) is 5.11 Å². The number of halogens is 1. The summed E-state index contributed by atoms with van der Waals surface area (Å²) in [4.78, 5) is 11.8. The number of benzene rings is 1. The number of aliphatic hydroxyl groups is 2. The fraction of sp³-hybridized carbons (Fsp3) is 0.500. The van der Waals surface area contributed by atoms with E-state index in [-0.39, 0.29) is 36.7 Å². The highest BCUT2D eigenvalue weighted by Crippen LogP contribution is 2.25. The monoisotopic (exact) mass is 267 g/mol. The topological polar surface area (TPSA) is 69.6 Å². The van der Waals surface area contributed by atoms with Crippen molar-refractivity contribution < 1.29 is 19.4 Å². The summed E-state index contributed by atoms with van der Waals surface area (Å²) in [7, 11) is 0. The van der Waals surface area contributed by atoms with E-state index < -0.39 is 6.10 Å². The predicted molar refractivity (Wildman–Crippen MR) is 67.9 cm³/mol. The average Bonchev–Trinajstić information content (AvgIpc) is 2.72. The van der Waals surface area contributed by atoms with Crippen molar-refractivity contribution in [3.63, 3.8) is 0 Å². The van der Waals surface area contributed by atoms with Gasteiger partial charge in [-0.3, -0.25) is 4.79 Å². The Hall–Kier alpha value is -1.46. The lowest BCUT2D eigenvalue weighted by Crippen LogP contribution is -2.34. The lowest BCUT2D eigenvalue weighted by Gasteiger charge is -2.12. The molecule has 104 valence electrons. The molecule has 0 heterocycles.